The van der Waals surface area contributed by atoms with E-state index in [1.807, 2.05) is 58.0 Å². The van der Waals surface area contributed by atoms with Gasteiger partial charge in [-0.05, 0) is 30.7 Å². The molecule has 1 aliphatic rings. The largest absolute Gasteiger partial charge is 0.383 e. The Labute approximate surface area is 187 Å². The summed E-state index contributed by atoms with van der Waals surface area (Å²) in [5.74, 6) is -0.455. The van der Waals surface area contributed by atoms with Gasteiger partial charge in [0.15, 0.2) is 5.69 Å². The molecule has 172 valence electrons. The van der Waals surface area contributed by atoms with Crippen LogP contribution >= 0.6 is 0 Å². The minimum Gasteiger partial charge on any atom is -0.383 e. The molecule has 3 N–H and O–H groups in total. The summed E-state index contributed by atoms with van der Waals surface area (Å²) in [6.07, 6.45) is 2.10. The van der Waals surface area contributed by atoms with E-state index in [1.165, 1.54) is 16.6 Å². The van der Waals surface area contributed by atoms with Crippen LogP contribution in [-0.2, 0) is 16.1 Å². The molecule has 1 aliphatic carbocycles. The van der Waals surface area contributed by atoms with E-state index in [1.54, 1.807) is 0 Å². The van der Waals surface area contributed by atoms with Crippen molar-refractivity contribution in [2.75, 3.05) is 30.9 Å². The molecule has 1 aromatic heterocycles. The number of nitrogen functional groups attached to an aromatic ring is 1. The molecule has 0 aliphatic heterocycles. The first-order valence-electron chi connectivity index (χ1n) is 10.7. The quantitative estimate of drug-likeness (QED) is 0.613. The van der Waals surface area contributed by atoms with Crippen LogP contribution in [0.1, 0.15) is 33.3 Å². The number of allylic oxidation sites excluding steroid dienone is 2. The van der Waals surface area contributed by atoms with Crippen molar-refractivity contribution in [1.29, 1.82) is 0 Å². The van der Waals surface area contributed by atoms with Gasteiger partial charge < -0.3 is 15.4 Å². The van der Waals surface area contributed by atoms with Crippen LogP contribution in [0.4, 0.5) is 11.5 Å². The smallest absolute Gasteiger partial charge is 0.330 e. The number of aromatic nitrogens is 2. The maximum absolute atomic E-state index is 13.6. The number of anilines is 2. The molecule has 1 aromatic carbocycles. The summed E-state index contributed by atoms with van der Waals surface area (Å²) >= 11 is 0. The summed E-state index contributed by atoms with van der Waals surface area (Å²) in [4.78, 5) is 42.7. The Kier molecular flexibility index (Phi) is 6.74. The van der Waals surface area contributed by atoms with Gasteiger partial charge in [0.25, 0.3) is 5.56 Å². The van der Waals surface area contributed by atoms with Gasteiger partial charge >= 0.3 is 5.69 Å². The highest BCUT2D eigenvalue weighted by Gasteiger charge is 2.61. The molecule has 1 fully saturated rings. The predicted octanol–water partition coefficient (Wildman–Crippen LogP) is 2.38. The third-order valence-corrected chi connectivity index (χ3v) is 6.14. The summed E-state index contributed by atoms with van der Waals surface area (Å²) in [6.45, 7) is 8.64. The monoisotopic (exact) mass is 440 g/mol. The summed E-state index contributed by atoms with van der Waals surface area (Å²) in [5.41, 5.74) is 6.78. The van der Waals surface area contributed by atoms with Crippen LogP contribution < -0.4 is 21.9 Å². The van der Waals surface area contributed by atoms with Crippen molar-refractivity contribution in [2.45, 2.75) is 34.2 Å². The van der Waals surface area contributed by atoms with Gasteiger partial charge in [-0.15, -0.1) is 0 Å². The molecule has 32 heavy (non-hydrogen) atoms. The van der Waals surface area contributed by atoms with Gasteiger partial charge in [0, 0.05) is 13.7 Å². The number of hydrogen-bond acceptors (Lipinski definition) is 5. The Bertz CT molecular complexity index is 1130. The highest BCUT2D eigenvalue weighted by atomic mass is 16.5. The number of rotatable bonds is 8. The van der Waals surface area contributed by atoms with E-state index in [0.29, 0.717) is 0 Å². The molecule has 0 radical (unpaired) electrons. The first-order chi connectivity index (χ1) is 15.1. The molecule has 0 spiro atoms. The van der Waals surface area contributed by atoms with E-state index in [2.05, 4.69) is 11.1 Å². The van der Waals surface area contributed by atoms with E-state index in [0.717, 1.165) is 11.1 Å². The third kappa shape index (κ3) is 4.55. The Morgan fingerprint density at radius 3 is 2.50 bits per heavy atom. The Balaban J connectivity index is 2.05. The normalized spacial score (nSPS) is 18.8. The Hall–Kier alpha value is -3.13. The Morgan fingerprint density at radius 1 is 1.25 bits per heavy atom. The molecular weight excluding hydrogens is 408 g/mol. The van der Waals surface area contributed by atoms with E-state index in [4.69, 9.17) is 10.5 Å². The Morgan fingerprint density at radius 2 is 1.91 bits per heavy atom. The van der Waals surface area contributed by atoms with Gasteiger partial charge in [-0.2, -0.15) is 0 Å². The number of hydrogen-bond donors (Lipinski definition) is 2. The molecule has 2 aromatic rings. The SMILES string of the molecule is COCCN(C(=O)C1C(C=C(C)C)C1(C)C)c1c(N)n(Cc2ccccc2)c(=O)[nH]c1=O. The highest BCUT2D eigenvalue weighted by molar-refractivity contribution is 5.99. The van der Waals surface area contributed by atoms with Gasteiger partial charge in [0.05, 0.1) is 19.1 Å². The second-order valence-electron chi connectivity index (χ2n) is 9.12. The molecule has 8 heteroatoms. The van der Waals surface area contributed by atoms with Crippen LogP contribution in [0.3, 0.4) is 0 Å². The van der Waals surface area contributed by atoms with Crippen LogP contribution in [0.5, 0.6) is 0 Å². The fourth-order valence-electron chi connectivity index (χ4n) is 4.26. The maximum Gasteiger partial charge on any atom is 0.330 e. The minimum absolute atomic E-state index is 0.0127. The molecule has 1 heterocycles. The zero-order valence-corrected chi connectivity index (χ0v) is 19.3. The number of carbonyl (C=O) groups is 1. The number of ether oxygens (including phenoxy) is 1. The fraction of sp³-hybridized carbons (Fsp3) is 0.458. The topological polar surface area (TPSA) is 110 Å². The van der Waals surface area contributed by atoms with Crippen molar-refractivity contribution in [3.8, 4) is 0 Å². The lowest BCUT2D eigenvalue weighted by Gasteiger charge is -2.25. The molecule has 0 saturated heterocycles. The number of nitrogens with one attached hydrogen (secondary N) is 1. The number of nitrogens with zero attached hydrogens (tertiary/aromatic N) is 2. The lowest BCUT2D eigenvalue weighted by atomic mass is 10.1. The number of H-pyrrole nitrogens is 1. The standard InChI is InChI=1S/C24H32N4O4/c1-15(2)13-17-18(24(17,3)4)22(30)27(11-12-32-5)19-20(25)28(23(31)26-21(19)29)14-16-9-7-6-8-10-16/h6-10,13,17-18H,11-12,14,25H2,1-5H3,(H,26,29,31). The molecule has 2 atom stereocenters. The van der Waals surface area contributed by atoms with Crippen molar-refractivity contribution in [3.63, 3.8) is 0 Å². The average Bonchev–Trinajstić information content (AvgIpc) is 3.26. The number of methoxy groups -OCH3 is 1. The first kappa shape index (κ1) is 23.5. The zero-order chi connectivity index (χ0) is 23.6. The number of nitrogens with two attached hydrogens (primary N) is 1. The van der Waals surface area contributed by atoms with E-state index in [-0.39, 0.29) is 54.4 Å². The maximum atomic E-state index is 13.6. The zero-order valence-electron chi connectivity index (χ0n) is 19.3. The van der Waals surface area contributed by atoms with Gasteiger partial charge in [-0.25, -0.2) is 4.79 Å². The number of aromatic amines is 1. The minimum atomic E-state index is -0.682. The predicted molar refractivity (Wildman–Crippen MR) is 126 cm³/mol. The number of carbonyl (C=O) groups excluding carboxylic acids is 1. The lowest BCUT2D eigenvalue weighted by molar-refractivity contribution is -0.120. The van der Waals surface area contributed by atoms with Gasteiger partial charge in [-0.1, -0.05) is 55.8 Å². The van der Waals surface area contributed by atoms with Crippen LogP contribution in [-0.4, -0.2) is 35.7 Å². The molecular formula is C24H32N4O4. The summed E-state index contributed by atoms with van der Waals surface area (Å²) < 4.78 is 6.47. The van der Waals surface area contributed by atoms with E-state index < -0.39 is 11.2 Å². The van der Waals surface area contributed by atoms with Gasteiger partial charge in [-0.3, -0.25) is 19.1 Å². The fourth-order valence-corrected chi connectivity index (χ4v) is 4.26. The van der Waals surface area contributed by atoms with Crippen molar-refractivity contribution >= 4 is 17.4 Å². The second-order valence-corrected chi connectivity index (χ2v) is 9.12. The van der Waals surface area contributed by atoms with Crippen molar-refractivity contribution in [1.82, 2.24) is 9.55 Å². The van der Waals surface area contributed by atoms with Crippen molar-refractivity contribution in [3.05, 3.63) is 68.4 Å². The molecule has 1 saturated carbocycles. The van der Waals surface area contributed by atoms with Crippen LogP contribution in [0.15, 0.2) is 51.6 Å². The van der Waals surface area contributed by atoms with Crippen molar-refractivity contribution in [2.24, 2.45) is 17.3 Å². The lowest BCUT2D eigenvalue weighted by Crippen LogP contribution is -2.43. The average molecular weight is 441 g/mol. The molecule has 0 bridgehead atoms. The van der Waals surface area contributed by atoms with Crippen LogP contribution in [0.2, 0.25) is 0 Å². The highest BCUT2D eigenvalue weighted by Crippen LogP contribution is 2.60. The second kappa shape index (κ2) is 9.16. The van der Waals surface area contributed by atoms with E-state index in [9.17, 15) is 14.4 Å². The molecule has 1 amide bonds. The first-order valence-corrected chi connectivity index (χ1v) is 10.7. The number of benzene rings is 1. The van der Waals surface area contributed by atoms with Crippen molar-refractivity contribution < 1.29 is 9.53 Å². The molecule has 3 rings (SSSR count). The third-order valence-electron chi connectivity index (χ3n) is 6.14. The van der Waals surface area contributed by atoms with Gasteiger partial charge in [0.1, 0.15) is 5.82 Å². The summed E-state index contributed by atoms with van der Waals surface area (Å²) in [5, 5.41) is 0. The van der Waals surface area contributed by atoms with Crippen LogP contribution in [0, 0.1) is 17.3 Å². The summed E-state index contributed by atoms with van der Waals surface area (Å²) in [7, 11) is 1.53. The summed E-state index contributed by atoms with van der Waals surface area (Å²) in [6, 6.07) is 9.31. The van der Waals surface area contributed by atoms with Gasteiger partial charge in [0.2, 0.25) is 5.91 Å². The van der Waals surface area contributed by atoms with Crippen LogP contribution in [0.25, 0.3) is 0 Å². The van der Waals surface area contributed by atoms with E-state index >= 15 is 0 Å². The molecule has 2 unspecified atom stereocenters. The number of amides is 1. The molecule has 8 nitrogen and oxygen atoms in total.